The molecule has 1 atom stereocenters. The molecule has 0 saturated carbocycles. The van der Waals surface area contributed by atoms with Gasteiger partial charge in [0.15, 0.2) is 0 Å². The molecule has 2 aromatic carbocycles. The highest BCUT2D eigenvalue weighted by atomic mass is 16.5. The Morgan fingerprint density at radius 3 is 2.64 bits per heavy atom. The van der Waals surface area contributed by atoms with Crippen LogP contribution in [-0.2, 0) is 16.0 Å². The van der Waals surface area contributed by atoms with Crippen molar-refractivity contribution in [2.24, 2.45) is 0 Å². The van der Waals surface area contributed by atoms with E-state index in [9.17, 15) is 9.59 Å². The van der Waals surface area contributed by atoms with Gasteiger partial charge in [-0.05, 0) is 42.2 Å². The van der Waals surface area contributed by atoms with E-state index < -0.39 is 11.8 Å². The molecule has 1 aliphatic rings. The third-order valence-corrected chi connectivity index (χ3v) is 4.37. The second-order valence-corrected chi connectivity index (χ2v) is 6.40. The maximum Gasteiger partial charge on any atom is 0.313 e. The van der Waals surface area contributed by atoms with Gasteiger partial charge >= 0.3 is 11.8 Å². The fourth-order valence-corrected chi connectivity index (χ4v) is 2.79. The fourth-order valence-electron chi connectivity index (χ4n) is 2.79. The van der Waals surface area contributed by atoms with Crippen LogP contribution in [0.3, 0.4) is 0 Å². The number of ether oxygens (including phenoxy) is 1. The Labute approximate surface area is 147 Å². The fraction of sp³-hybridized carbons (Fsp3) is 0.300. The predicted octanol–water partition coefficient (Wildman–Crippen LogP) is 2.79. The molecule has 2 N–H and O–H groups in total. The average Bonchev–Trinajstić information content (AvgIpc) is 3.07. The summed E-state index contributed by atoms with van der Waals surface area (Å²) < 4.78 is 5.43. The minimum absolute atomic E-state index is 0.134. The van der Waals surface area contributed by atoms with Gasteiger partial charge in [0.2, 0.25) is 0 Å². The van der Waals surface area contributed by atoms with Gasteiger partial charge in [-0.15, -0.1) is 0 Å². The molecule has 0 aliphatic carbocycles. The van der Waals surface area contributed by atoms with Crippen LogP contribution in [0, 0.1) is 6.92 Å². The van der Waals surface area contributed by atoms with E-state index in [1.165, 1.54) is 5.56 Å². The number of aryl methyl sites for hydroxylation is 1. The van der Waals surface area contributed by atoms with Gasteiger partial charge in [0, 0.05) is 18.7 Å². The van der Waals surface area contributed by atoms with E-state index in [-0.39, 0.29) is 5.92 Å². The Bertz CT molecular complexity index is 784. The van der Waals surface area contributed by atoms with Crippen LogP contribution in [-0.4, -0.2) is 25.0 Å². The molecule has 0 spiro atoms. The maximum absolute atomic E-state index is 12.1. The van der Waals surface area contributed by atoms with Gasteiger partial charge in [0.05, 0.1) is 6.61 Å². The monoisotopic (exact) mass is 338 g/mol. The summed E-state index contributed by atoms with van der Waals surface area (Å²) in [5, 5.41) is 5.33. The highest BCUT2D eigenvalue weighted by Crippen LogP contribution is 2.27. The van der Waals surface area contributed by atoms with Crippen molar-refractivity contribution in [3.05, 3.63) is 59.2 Å². The third-order valence-electron chi connectivity index (χ3n) is 4.37. The lowest BCUT2D eigenvalue weighted by Gasteiger charge is -2.13. The van der Waals surface area contributed by atoms with Crippen molar-refractivity contribution < 1.29 is 14.3 Å². The summed E-state index contributed by atoms with van der Waals surface area (Å²) in [4.78, 5) is 24.1. The average molecular weight is 338 g/mol. The minimum atomic E-state index is -0.657. The molecule has 0 radical (unpaired) electrons. The molecular weight excluding hydrogens is 316 g/mol. The Kier molecular flexibility index (Phi) is 5.03. The molecule has 0 saturated heterocycles. The molecular formula is C20H22N2O3. The SMILES string of the molecule is Cc1ccc([C@H](C)CNC(=O)C(=O)Nc2ccc3c(c2)CCO3)cc1. The van der Waals surface area contributed by atoms with Gasteiger partial charge in [0.25, 0.3) is 0 Å². The van der Waals surface area contributed by atoms with Crippen LogP contribution < -0.4 is 15.4 Å². The molecule has 5 heteroatoms. The van der Waals surface area contributed by atoms with Crippen molar-refractivity contribution in [3.63, 3.8) is 0 Å². The van der Waals surface area contributed by atoms with Gasteiger partial charge in [0.1, 0.15) is 5.75 Å². The van der Waals surface area contributed by atoms with E-state index >= 15 is 0 Å². The number of rotatable bonds is 4. The van der Waals surface area contributed by atoms with Crippen LogP contribution in [0.4, 0.5) is 5.69 Å². The van der Waals surface area contributed by atoms with Gasteiger partial charge in [-0.25, -0.2) is 0 Å². The highest BCUT2D eigenvalue weighted by molar-refractivity contribution is 6.39. The number of carbonyl (C=O) groups is 2. The van der Waals surface area contributed by atoms with Crippen molar-refractivity contribution in [2.75, 3.05) is 18.5 Å². The summed E-state index contributed by atoms with van der Waals surface area (Å²) in [6, 6.07) is 13.6. The van der Waals surface area contributed by atoms with E-state index in [0.29, 0.717) is 18.8 Å². The molecule has 0 aromatic heterocycles. The first kappa shape index (κ1) is 17.0. The predicted molar refractivity (Wildman–Crippen MR) is 96.9 cm³/mol. The Morgan fingerprint density at radius 2 is 1.88 bits per heavy atom. The van der Waals surface area contributed by atoms with Gasteiger partial charge < -0.3 is 15.4 Å². The number of anilines is 1. The number of hydrogen-bond acceptors (Lipinski definition) is 3. The lowest BCUT2D eigenvalue weighted by Crippen LogP contribution is -2.37. The molecule has 3 rings (SSSR count). The van der Waals surface area contributed by atoms with E-state index in [1.54, 1.807) is 6.07 Å². The smallest absolute Gasteiger partial charge is 0.313 e. The van der Waals surface area contributed by atoms with Crippen LogP contribution in [0.25, 0.3) is 0 Å². The van der Waals surface area contributed by atoms with E-state index in [2.05, 4.69) is 10.6 Å². The zero-order chi connectivity index (χ0) is 17.8. The molecule has 2 amide bonds. The molecule has 5 nitrogen and oxygen atoms in total. The Morgan fingerprint density at radius 1 is 1.12 bits per heavy atom. The number of fused-ring (bicyclic) bond motifs is 1. The number of carbonyl (C=O) groups excluding carboxylic acids is 2. The van der Waals surface area contributed by atoms with Crippen LogP contribution in [0.5, 0.6) is 5.75 Å². The summed E-state index contributed by atoms with van der Waals surface area (Å²) >= 11 is 0. The maximum atomic E-state index is 12.1. The lowest BCUT2D eigenvalue weighted by molar-refractivity contribution is -0.136. The lowest BCUT2D eigenvalue weighted by atomic mass is 10.00. The molecule has 1 heterocycles. The van der Waals surface area contributed by atoms with E-state index in [1.807, 2.05) is 50.2 Å². The number of hydrogen-bond donors (Lipinski definition) is 2. The van der Waals surface area contributed by atoms with Gasteiger partial charge in [-0.1, -0.05) is 36.8 Å². The Hall–Kier alpha value is -2.82. The minimum Gasteiger partial charge on any atom is -0.493 e. The molecule has 130 valence electrons. The van der Waals surface area contributed by atoms with Gasteiger partial charge in [-0.2, -0.15) is 0 Å². The second-order valence-electron chi connectivity index (χ2n) is 6.40. The Balaban J connectivity index is 1.52. The van der Waals surface area contributed by atoms with Crippen molar-refractivity contribution >= 4 is 17.5 Å². The summed E-state index contributed by atoms with van der Waals surface area (Å²) in [7, 11) is 0. The molecule has 25 heavy (non-hydrogen) atoms. The van der Waals surface area contributed by atoms with E-state index in [4.69, 9.17) is 4.74 Å². The first-order chi connectivity index (χ1) is 12.0. The van der Waals surface area contributed by atoms with E-state index in [0.717, 1.165) is 23.3 Å². The summed E-state index contributed by atoms with van der Waals surface area (Å²) in [6.45, 7) is 5.12. The van der Waals surface area contributed by atoms with Crippen LogP contribution in [0.1, 0.15) is 29.5 Å². The topological polar surface area (TPSA) is 67.4 Å². The van der Waals surface area contributed by atoms with Crippen molar-refractivity contribution in [3.8, 4) is 5.75 Å². The number of benzene rings is 2. The second kappa shape index (κ2) is 7.38. The van der Waals surface area contributed by atoms with Crippen LogP contribution in [0.15, 0.2) is 42.5 Å². The summed E-state index contributed by atoms with van der Waals surface area (Å²) in [5.41, 5.74) is 3.98. The van der Waals surface area contributed by atoms with Crippen LogP contribution in [0.2, 0.25) is 0 Å². The summed E-state index contributed by atoms with van der Waals surface area (Å²) in [6.07, 6.45) is 0.819. The molecule has 1 aliphatic heterocycles. The summed E-state index contributed by atoms with van der Waals surface area (Å²) in [5.74, 6) is -0.311. The number of nitrogens with one attached hydrogen (secondary N) is 2. The molecule has 0 fully saturated rings. The van der Waals surface area contributed by atoms with Gasteiger partial charge in [-0.3, -0.25) is 9.59 Å². The standard InChI is InChI=1S/C20H22N2O3/c1-13-3-5-15(6-4-13)14(2)12-21-19(23)20(24)22-17-7-8-18-16(11-17)9-10-25-18/h3-8,11,14H,9-10,12H2,1-2H3,(H,21,23)(H,22,24)/t14-/m1/s1. The normalized spacial score (nSPS) is 13.5. The zero-order valence-electron chi connectivity index (χ0n) is 14.5. The van der Waals surface area contributed by atoms with Crippen molar-refractivity contribution in [2.45, 2.75) is 26.2 Å². The van der Waals surface area contributed by atoms with Crippen molar-refractivity contribution in [1.82, 2.24) is 5.32 Å². The number of amides is 2. The largest absolute Gasteiger partial charge is 0.493 e. The van der Waals surface area contributed by atoms with Crippen LogP contribution >= 0.6 is 0 Å². The first-order valence-electron chi connectivity index (χ1n) is 8.44. The zero-order valence-corrected chi connectivity index (χ0v) is 14.5. The third kappa shape index (κ3) is 4.18. The quantitative estimate of drug-likeness (QED) is 0.843. The molecule has 0 unspecified atom stereocenters. The first-order valence-corrected chi connectivity index (χ1v) is 8.44. The molecule has 0 bridgehead atoms. The van der Waals surface area contributed by atoms with Crippen molar-refractivity contribution in [1.29, 1.82) is 0 Å². The molecule has 2 aromatic rings. The highest BCUT2D eigenvalue weighted by Gasteiger charge is 2.17.